The highest BCUT2D eigenvalue weighted by molar-refractivity contribution is 5.73. The monoisotopic (exact) mass is 292 g/mol. The number of hydrogen-bond donors (Lipinski definition) is 2. The third-order valence-corrected chi connectivity index (χ3v) is 3.52. The van der Waals surface area contributed by atoms with Gasteiger partial charge in [-0.05, 0) is 24.6 Å². The predicted molar refractivity (Wildman–Crippen MR) is 77.3 cm³/mol. The minimum absolute atomic E-state index is 0.0504. The number of rotatable bonds is 4. The van der Waals surface area contributed by atoms with Gasteiger partial charge in [0, 0.05) is 19.9 Å². The topological polar surface area (TPSA) is 78.9 Å². The van der Waals surface area contributed by atoms with Crippen LogP contribution in [0.25, 0.3) is 0 Å². The number of benzene rings is 1. The Labute approximate surface area is 123 Å². The molecule has 2 amide bonds. The molecule has 6 nitrogen and oxygen atoms in total. The van der Waals surface area contributed by atoms with Crippen molar-refractivity contribution in [3.05, 3.63) is 29.8 Å². The Morgan fingerprint density at radius 3 is 2.57 bits per heavy atom. The summed E-state index contributed by atoms with van der Waals surface area (Å²) >= 11 is 0. The molecule has 0 saturated carbocycles. The molecule has 1 heterocycles. The molecule has 6 heteroatoms. The number of ether oxygens (including phenoxy) is 1. The Balaban J connectivity index is 1.91. The van der Waals surface area contributed by atoms with Crippen LogP contribution < -0.4 is 10.1 Å². The number of nitrogens with one attached hydrogen (secondary N) is 1. The maximum atomic E-state index is 11.0. The van der Waals surface area contributed by atoms with E-state index < -0.39 is 6.09 Å². The van der Waals surface area contributed by atoms with Crippen LogP contribution in [0, 0.1) is 0 Å². The third kappa shape index (κ3) is 4.11. The highest BCUT2D eigenvalue weighted by atomic mass is 16.5. The van der Waals surface area contributed by atoms with Crippen LogP contribution in [-0.2, 0) is 4.79 Å². The van der Waals surface area contributed by atoms with E-state index in [2.05, 4.69) is 5.32 Å². The molecule has 0 aliphatic carbocycles. The third-order valence-electron chi connectivity index (χ3n) is 3.52. The fourth-order valence-electron chi connectivity index (χ4n) is 2.41. The molecule has 1 unspecified atom stereocenters. The van der Waals surface area contributed by atoms with E-state index in [9.17, 15) is 9.59 Å². The first kappa shape index (κ1) is 15.2. The maximum absolute atomic E-state index is 11.0. The number of amides is 2. The molecule has 0 radical (unpaired) electrons. The predicted octanol–water partition coefficient (Wildman–Crippen LogP) is 2.01. The van der Waals surface area contributed by atoms with Gasteiger partial charge in [0.15, 0.2) is 0 Å². The molecule has 1 aromatic carbocycles. The van der Waals surface area contributed by atoms with E-state index in [-0.39, 0.29) is 18.1 Å². The molecule has 1 aliphatic heterocycles. The van der Waals surface area contributed by atoms with E-state index in [4.69, 9.17) is 9.84 Å². The molecule has 2 N–H and O–H groups in total. The van der Waals surface area contributed by atoms with E-state index >= 15 is 0 Å². The molecule has 0 bridgehead atoms. The Hall–Kier alpha value is -2.24. The Bertz CT molecular complexity index is 515. The zero-order valence-corrected chi connectivity index (χ0v) is 12.2. The molecule has 1 fully saturated rings. The Morgan fingerprint density at radius 1 is 1.38 bits per heavy atom. The lowest BCUT2D eigenvalue weighted by atomic mass is 10.1. The molecule has 114 valence electrons. The van der Waals surface area contributed by atoms with Crippen LogP contribution in [-0.4, -0.2) is 41.2 Å². The molecule has 21 heavy (non-hydrogen) atoms. The molecular weight excluding hydrogens is 272 g/mol. The van der Waals surface area contributed by atoms with Crippen molar-refractivity contribution in [3.8, 4) is 5.75 Å². The number of nitrogens with zero attached hydrogens (tertiary/aromatic N) is 1. The summed E-state index contributed by atoms with van der Waals surface area (Å²) in [6, 6.07) is 7.44. The molecular formula is C15H20N2O4. The molecule has 0 spiro atoms. The van der Waals surface area contributed by atoms with Crippen LogP contribution in [0.5, 0.6) is 5.75 Å². The van der Waals surface area contributed by atoms with Crippen LogP contribution >= 0.6 is 0 Å². The van der Waals surface area contributed by atoms with Gasteiger partial charge in [-0.25, -0.2) is 4.79 Å². The SMILES string of the molecule is CC(=O)N[C@@H](C)c1ccc(OC2CCN(C(=O)O)C2)cc1. The van der Waals surface area contributed by atoms with Gasteiger partial charge in [0.2, 0.25) is 5.91 Å². The molecule has 2 rings (SSSR count). The number of hydrogen-bond acceptors (Lipinski definition) is 3. The second-order valence-corrected chi connectivity index (χ2v) is 5.25. The zero-order valence-electron chi connectivity index (χ0n) is 12.2. The van der Waals surface area contributed by atoms with Crippen molar-refractivity contribution in [2.75, 3.05) is 13.1 Å². The van der Waals surface area contributed by atoms with E-state index in [0.717, 1.165) is 5.56 Å². The lowest BCUT2D eigenvalue weighted by molar-refractivity contribution is -0.119. The summed E-state index contributed by atoms with van der Waals surface area (Å²) in [6.07, 6.45) is -0.295. The largest absolute Gasteiger partial charge is 0.489 e. The average molecular weight is 292 g/mol. The molecule has 1 aromatic rings. The summed E-state index contributed by atoms with van der Waals surface area (Å²) in [4.78, 5) is 23.2. The first-order valence-electron chi connectivity index (χ1n) is 6.97. The second-order valence-electron chi connectivity index (χ2n) is 5.25. The number of carbonyl (C=O) groups excluding carboxylic acids is 1. The van der Waals surface area contributed by atoms with Crippen molar-refractivity contribution in [2.24, 2.45) is 0 Å². The molecule has 1 aliphatic rings. The van der Waals surface area contributed by atoms with Crippen LogP contribution in [0.4, 0.5) is 4.79 Å². The van der Waals surface area contributed by atoms with Gasteiger partial charge < -0.3 is 20.1 Å². The van der Waals surface area contributed by atoms with E-state index in [1.54, 1.807) is 0 Å². The molecule has 1 saturated heterocycles. The van der Waals surface area contributed by atoms with Gasteiger partial charge in [-0.2, -0.15) is 0 Å². The number of carboxylic acid groups (broad SMARTS) is 1. The summed E-state index contributed by atoms with van der Waals surface area (Å²) in [7, 11) is 0. The highest BCUT2D eigenvalue weighted by Crippen LogP contribution is 2.21. The van der Waals surface area contributed by atoms with Crippen LogP contribution in [0.1, 0.15) is 31.9 Å². The Morgan fingerprint density at radius 2 is 2.05 bits per heavy atom. The van der Waals surface area contributed by atoms with Crippen LogP contribution in [0.3, 0.4) is 0 Å². The van der Waals surface area contributed by atoms with Crippen LogP contribution in [0.2, 0.25) is 0 Å². The molecule has 0 aromatic heterocycles. The van der Waals surface area contributed by atoms with Gasteiger partial charge in [0.25, 0.3) is 0 Å². The van der Waals surface area contributed by atoms with Gasteiger partial charge in [-0.15, -0.1) is 0 Å². The van der Waals surface area contributed by atoms with Gasteiger partial charge >= 0.3 is 6.09 Å². The standard InChI is InChI=1S/C15H20N2O4/c1-10(16-11(2)18)12-3-5-13(6-4-12)21-14-7-8-17(9-14)15(19)20/h3-6,10,14H,7-9H2,1-2H3,(H,16,18)(H,19,20)/t10-,14?/m0/s1. The average Bonchev–Trinajstić information content (AvgIpc) is 2.87. The second kappa shape index (κ2) is 6.47. The zero-order chi connectivity index (χ0) is 15.4. The van der Waals surface area contributed by atoms with E-state index in [1.165, 1.54) is 11.8 Å². The number of likely N-dealkylation sites (tertiary alicyclic amines) is 1. The lowest BCUT2D eigenvalue weighted by Crippen LogP contribution is -2.29. The summed E-state index contributed by atoms with van der Waals surface area (Å²) in [5.74, 6) is 0.647. The first-order chi connectivity index (χ1) is 9.95. The minimum atomic E-state index is -0.902. The number of carbonyl (C=O) groups is 2. The van der Waals surface area contributed by atoms with Crippen molar-refractivity contribution in [1.29, 1.82) is 0 Å². The van der Waals surface area contributed by atoms with Crippen molar-refractivity contribution >= 4 is 12.0 Å². The minimum Gasteiger partial charge on any atom is -0.489 e. The van der Waals surface area contributed by atoms with Gasteiger partial charge in [0.05, 0.1) is 12.6 Å². The Kier molecular flexibility index (Phi) is 4.67. The fraction of sp³-hybridized carbons (Fsp3) is 0.467. The maximum Gasteiger partial charge on any atom is 0.407 e. The summed E-state index contributed by atoms with van der Waals surface area (Å²) in [5, 5.41) is 11.7. The quantitative estimate of drug-likeness (QED) is 0.890. The molecule has 2 atom stereocenters. The van der Waals surface area contributed by atoms with Crippen LogP contribution in [0.15, 0.2) is 24.3 Å². The normalized spacial score (nSPS) is 19.1. The smallest absolute Gasteiger partial charge is 0.407 e. The lowest BCUT2D eigenvalue weighted by Gasteiger charge is -2.16. The summed E-state index contributed by atoms with van der Waals surface area (Å²) < 4.78 is 5.78. The van der Waals surface area contributed by atoms with Gasteiger partial charge in [0.1, 0.15) is 11.9 Å². The van der Waals surface area contributed by atoms with Gasteiger partial charge in [-0.1, -0.05) is 12.1 Å². The van der Waals surface area contributed by atoms with Crippen molar-refractivity contribution in [3.63, 3.8) is 0 Å². The van der Waals surface area contributed by atoms with Gasteiger partial charge in [-0.3, -0.25) is 4.79 Å². The summed E-state index contributed by atoms with van der Waals surface area (Å²) in [5.41, 5.74) is 0.996. The van der Waals surface area contributed by atoms with E-state index in [1.807, 2.05) is 31.2 Å². The first-order valence-corrected chi connectivity index (χ1v) is 6.97. The van der Waals surface area contributed by atoms with E-state index in [0.29, 0.717) is 25.3 Å². The van der Waals surface area contributed by atoms with Crippen molar-refractivity contribution in [1.82, 2.24) is 10.2 Å². The fourth-order valence-corrected chi connectivity index (χ4v) is 2.41. The summed E-state index contributed by atoms with van der Waals surface area (Å²) in [6.45, 7) is 4.32. The van der Waals surface area contributed by atoms with Crippen molar-refractivity contribution in [2.45, 2.75) is 32.4 Å². The highest BCUT2D eigenvalue weighted by Gasteiger charge is 2.27. The van der Waals surface area contributed by atoms with Crippen molar-refractivity contribution < 1.29 is 19.4 Å².